The topological polar surface area (TPSA) is 138 Å². The molecule has 4 rings (SSSR count). The third-order valence-electron chi connectivity index (χ3n) is 5.99. The summed E-state index contributed by atoms with van der Waals surface area (Å²) in [5.74, 6) is -3.61. The highest BCUT2D eigenvalue weighted by Gasteiger charge is 2.38. The predicted octanol–water partition coefficient (Wildman–Crippen LogP) is 4.70. The van der Waals surface area contributed by atoms with Crippen LogP contribution >= 0.6 is 0 Å². The van der Waals surface area contributed by atoms with Gasteiger partial charge in [-0.15, -0.1) is 0 Å². The van der Waals surface area contributed by atoms with Crippen molar-refractivity contribution in [1.29, 1.82) is 0 Å². The number of halogens is 3. The van der Waals surface area contributed by atoms with Gasteiger partial charge in [-0.05, 0) is 54.8 Å². The molecule has 12 heteroatoms. The smallest absolute Gasteiger partial charge is 0.489 e. The van der Waals surface area contributed by atoms with E-state index in [2.05, 4.69) is 10.3 Å². The first-order valence-corrected chi connectivity index (χ1v) is 11.7. The van der Waals surface area contributed by atoms with Crippen molar-refractivity contribution in [1.82, 2.24) is 10.5 Å². The van der Waals surface area contributed by atoms with Gasteiger partial charge in [-0.25, -0.2) is 10.3 Å². The van der Waals surface area contributed by atoms with Crippen LogP contribution in [-0.2, 0) is 21.0 Å². The second-order valence-electron chi connectivity index (χ2n) is 8.61. The van der Waals surface area contributed by atoms with Crippen LogP contribution < -0.4 is 15.5 Å². The number of aromatic nitrogens is 1. The van der Waals surface area contributed by atoms with Gasteiger partial charge >= 0.3 is 12.1 Å². The maximum absolute atomic E-state index is 12.7. The lowest BCUT2D eigenvalue weighted by Gasteiger charge is -2.28. The van der Waals surface area contributed by atoms with E-state index in [1.807, 2.05) is 54.6 Å². The molecule has 0 bridgehead atoms. The van der Waals surface area contributed by atoms with Crippen LogP contribution in [0.15, 0.2) is 60.8 Å². The molecule has 2 atom stereocenters. The van der Waals surface area contributed by atoms with Gasteiger partial charge in [-0.1, -0.05) is 31.0 Å². The summed E-state index contributed by atoms with van der Waals surface area (Å²) < 4.78 is 37.6. The van der Waals surface area contributed by atoms with Crippen molar-refractivity contribution in [3.05, 3.63) is 66.4 Å². The largest absolute Gasteiger partial charge is 0.490 e. The molecule has 1 aliphatic carbocycles. The first kappa shape index (κ1) is 28.4. The Morgan fingerprint density at radius 3 is 2.21 bits per heavy atom. The van der Waals surface area contributed by atoms with E-state index in [1.54, 1.807) is 11.7 Å². The van der Waals surface area contributed by atoms with Crippen LogP contribution in [-0.4, -0.2) is 39.3 Å². The quantitative estimate of drug-likeness (QED) is 0.266. The van der Waals surface area contributed by atoms with Gasteiger partial charge in [0.1, 0.15) is 12.4 Å². The third kappa shape index (κ3) is 7.90. The van der Waals surface area contributed by atoms with Crippen molar-refractivity contribution in [2.45, 2.75) is 38.5 Å². The van der Waals surface area contributed by atoms with Gasteiger partial charge in [0.25, 0.3) is 0 Å². The van der Waals surface area contributed by atoms with E-state index in [1.165, 1.54) is 0 Å². The Hall–Kier alpha value is -4.19. The number of carboxylic acids is 1. The maximum Gasteiger partial charge on any atom is 0.490 e. The van der Waals surface area contributed by atoms with Crippen LogP contribution in [0.2, 0.25) is 0 Å². The normalized spacial score (nSPS) is 17.1. The highest BCUT2D eigenvalue weighted by Crippen LogP contribution is 2.31. The zero-order valence-corrected chi connectivity index (χ0v) is 20.1. The van der Waals surface area contributed by atoms with Crippen LogP contribution in [0.5, 0.6) is 5.75 Å². The SMILES string of the molecule is O=C(NO)[C@H]1CCCC[C@@H]1C(=O)Nc1ccc(COc2ccc3ncccc3c2)cc1.O=C(O)C(F)(F)F. The van der Waals surface area contributed by atoms with Crippen molar-refractivity contribution in [2.24, 2.45) is 11.8 Å². The Morgan fingerprint density at radius 1 is 0.974 bits per heavy atom. The molecule has 3 aromatic rings. The summed E-state index contributed by atoms with van der Waals surface area (Å²) in [5.41, 5.74) is 4.25. The van der Waals surface area contributed by atoms with Crippen molar-refractivity contribution in [3.63, 3.8) is 0 Å². The number of fused-ring (bicyclic) bond motifs is 1. The van der Waals surface area contributed by atoms with Crippen LogP contribution in [0.4, 0.5) is 18.9 Å². The number of hydrogen-bond acceptors (Lipinski definition) is 6. The molecule has 1 aliphatic rings. The van der Waals surface area contributed by atoms with Crippen molar-refractivity contribution >= 4 is 34.4 Å². The van der Waals surface area contributed by atoms with E-state index >= 15 is 0 Å². The van der Waals surface area contributed by atoms with E-state index in [-0.39, 0.29) is 5.91 Å². The summed E-state index contributed by atoms with van der Waals surface area (Å²) in [5, 5.41) is 20.0. The number of alkyl halides is 3. The molecule has 38 heavy (non-hydrogen) atoms. The highest BCUT2D eigenvalue weighted by atomic mass is 19.4. The molecule has 0 saturated heterocycles. The molecular formula is C26H26F3N3O6. The zero-order valence-electron chi connectivity index (χ0n) is 20.1. The first-order chi connectivity index (χ1) is 18.1. The molecule has 1 heterocycles. The van der Waals surface area contributed by atoms with E-state index in [0.29, 0.717) is 25.1 Å². The fourth-order valence-corrected chi connectivity index (χ4v) is 4.07. The van der Waals surface area contributed by atoms with Crippen molar-refractivity contribution in [2.75, 3.05) is 5.32 Å². The Morgan fingerprint density at radius 2 is 1.61 bits per heavy atom. The number of carboxylic acid groups (broad SMARTS) is 1. The number of nitrogens with zero attached hydrogens (tertiary/aromatic N) is 1. The van der Waals surface area contributed by atoms with Gasteiger partial charge in [0.2, 0.25) is 11.8 Å². The van der Waals surface area contributed by atoms with Crippen LogP contribution in [0.3, 0.4) is 0 Å². The Bertz CT molecular complexity index is 1270. The molecule has 0 radical (unpaired) electrons. The number of carbonyl (C=O) groups is 3. The molecule has 0 spiro atoms. The second kappa shape index (κ2) is 12.9. The lowest BCUT2D eigenvalue weighted by molar-refractivity contribution is -0.192. The number of amides is 2. The molecule has 202 valence electrons. The average molecular weight is 534 g/mol. The van der Waals surface area contributed by atoms with Gasteiger partial charge in [0.15, 0.2) is 0 Å². The molecule has 1 fully saturated rings. The molecule has 0 unspecified atom stereocenters. The standard InChI is InChI=1S/C24H25N3O4.C2HF3O2/c28-23(20-5-1-2-6-21(20)24(29)27-30)26-18-9-7-16(8-10-18)15-31-19-11-12-22-17(14-19)4-3-13-25-22;3-2(4,5)1(6)7/h3-4,7-14,20-21,30H,1-2,5-6,15H2,(H,26,28)(H,27,29);(H,6,7)/t20-,21-;/m0./s1. The number of ether oxygens (including phenoxy) is 1. The molecule has 0 aliphatic heterocycles. The molecule has 1 saturated carbocycles. The molecule has 4 N–H and O–H groups in total. The number of hydroxylamine groups is 1. The fraction of sp³-hybridized carbons (Fsp3) is 0.308. The minimum Gasteiger partial charge on any atom is -0.489 e. The number of pyridine rings is 1. The fourth-order valence-electron chi connectivity index (χ4n) is 4.07. The summed E-state index contributed by atoms with van der Waals surface area (Å²) in [4.78, 5) is 37.8. The summed E-state index contributed by atoms with van der Waals surface area (Å²) in [6.45, 7) is 0.404. The monoisotopic (exact) mass is 533 g/mol. The minimum atomic E-state index is -5.08. The first-order valence-electron chi connectivity index (χ1n) is 11.7. The predicted molar refractivity (Wildman–Crippen MR) is 130 cm³/mol. The number of hydrogen-bond donors (Lipinski definition) is 4. The zero-order chi connectivity index (χ0) is 27.7. The summed E-state index contributed by atoms with van der Waals surface area (Å²) in [6.07, 6.45) is -0.305. The third-order valence-corrected chi connectivity index (χ3v) is 5.99. The molecule has 2 aromatic carbocycles. The molecule has 2 amide bonds. The van der Waals surface area contributed by atoms with Crippen LogP contribution in [0.25, 0.3) is 10.9 Å². The molecular weight excluding hydrogens is 507 g/mol. The van der Waals surface area contributed by atoms with Crippen molar-refractivity contribution < 1.29 is 42.6 Å². The van der Waals surface area contributed by atoms with Gasteiger partial charge < -0.3 is 15.2 Å². The Labute approximate surface area is 215 Å². The lowest BCUT2D eigenvalue weighted by Crippen LogP contribution is -2.40. The average Bonchev–Trinajstić information content (AvgIpc) is 2.92. The number of aliphatic carboxylic acids is 1. The molecule has 9 nitrogen and oxygen atoms in total. The number of benzene rings is 2. The van der Waals surface area contributed by atoms with E-state index < -0.39 is 29.9 Å². The summed E-state index contributed by atoms with van der Waals surface area (Å²) in [6, 6.07) is 17.1. The summed E-state index contributed by atoms with van der Waals surface area (Å²) in [7, 11) is 0. The highest BCUT2D eigenvalue weighted by molar-refractivity contribution is 5.96. The lowest BCUT2D eigenvalue weighted by atomic mass is 9.78. The Kier molecular flexibility index (Phi) is 9.61. The van der Waals surface area contributed by atoms with E-state index in [4.69, 9.17) is 19.8 Å². The van der Waals surface area contributed by atoms with E-state index in [9.17, 15) is 22.8 Å². The van der Waals surface area contributed by atoms with Crippen LogP contribution in [0, 0.1) is 11.8 Å². The van der Waals surface area contributed by atoms with Gasteiger partial charge in [0, 0.05) is 23.2 Å². The second-order valence-corrected chi connectivity index (χ2v) is 8.61. The maximum atomic E-state index is 12.7. The number of carbonyl (C=O) groups excluding carboxylic acids is 2. The van der Waals surface area contributed by atoms with Crippen molar-refractivity contribution in [3.8, 4) is 5.75 Å². The minimum absolute atomic E-state index is 0.193. The van der Waals surface area contributed by atoms with Gasteiger partial charge in [0.05, 0.1) is 11.4 Å². The van der Waals surface area contributed by atoms with E-state index in [0.717, 1.165) is 35.1 Å². The van der Waals surface area contributed by atoms with Gasteiger partial charge in [-0.3, -0.25) is 19.8 Å². The number of nitrogens with one attached hydrogen (secondary N) is 2. The molecule has 1 aromatic heterocycles. The number of anilines is 1. The number of rotatable bonds is 6. The Balaban J connectivity index is 0.000000505. The summed E-state index contributed by atoms with van der Waals surface area (Å²) >= 11 is 0. The van der Waals surface area contributed by atoms with Gasteiger partial charge in [-0.2, -0.15) is 13.2 Å². The van der Waals surface area contributed by atoms with Crippen LogP contribution in [0.1, 0.15) is 31.2 Å².